The van der Waals surface area contributed by atoms with Gasteiger partial charge in [-0.2, -0.15) is 0 Å². The molecule has 0 aliphatic carbocycles. The molecule has 0 bridgehead atoms. The van der Waals surface area contributed by atoms with Gasteiger partial charge >= 0.3 is 5.88 Å². The van der Waals surface area contributed by atoms with Crippen molar-refractivity contribution in [3.63, 3.8) is 0 Å². The van der Waals surface area contributed by atoms with Crippen molar-refractivity contribution in [2.45, 2.75) is 0 Å². The fourth-order valence-electron chi connectivity index (χ4n) is 2.22. The smallest absolute Gasteiger partial charge is 0.401 e. The molecule has 0 saturated carbocycles. The molecule has 1 N–H and O–H groups in total. The van der Waals surface area contributed by atoms with Gasteiger partial charge < -0.3 is 4.42 Å². The Labute approximate surface area is 126 Å². The van der Waals surface area contributed by atoms with Crippen LogP contribution in [0.5, 0.6) is 0 Å². The zero-order valence-electron chi connectivity index (χ0n) is 12.1. The monoisotopic (exact) mass is 298 g/mol. The van der Waals surface area contributed by atoms with E-state index in [9.17, 15) is 10.1 Å². The van der Waals surface area contributed by atoms with Crippen molar-refractivity contribution in [3.8, 4) is 11.3 Å². The molecule has 2 aromatic heterocycles. The zero-order chi connectivity index (χ0) is 15.7. The predicted molar refractivity (Wildman–Crippen MR) is 83.6 cm³/mol. The van der Waals surface area contributed by atoms with Gasteiger partial charge in [-0.1, -0.05) is 18.2 Å². The summed E-state index contributed by atoms with van der Waals surface area (Å²) in [4.78, 5) is 14.8. The molecule has 2 heterocycles. The van der Waals surface area contributed by atoms with Crippen LogP contribution >= 0.6 is 0 Å². The van der Waals surface area contributed by atoms with Crippen molar-refractivity contribution < 1.29 is 9.34 Å². The maximum Gasteiger partial charge on any atom is 0.433 e. The fraction of sp³-hybridized carbons (Fsp3) is 0.133. The quantitative estimate of drug-likeness (QED) is 0.589. The van der Waals surface area contributed by atoms with Crippen molar-refractivity contribution in [1.82, 2.24) is 10.4 Å². The van der Waals surface area contributed by atoms with Gasteiger partial charge in [0.15, 0.2) is 0 Å². The standard InChI is InChI=1S/C15H14N4O3/c1-16-18(2)14-9-11(10-5-3-4-6-12(10)17-14)13-7-8-15(22-13)19(20)21/h3-9,16H,1-2H3. The van der Waals surface area contributed by atoms with Gasteiger partial charge in [-0.25, -0.2) is 10.4 Å². The highest BCUT2D eigenvalue weighted by Crippen LogP contribution is 2.33. The van der Waals surface area contributed by atoms with Gasteiger partial charge in [-0.15, -0.1) is 0 Å². The van der Waals surface area contributed by atoms with Crippen molar-refractivity contribution in [2.75, 3.05) is 19.1 Å². The van der Waals surface area contributed by atoms with Crippen LogP contribution in [0.15, 0.2) is 46.9 Å². The number of aromatic nitrogens is 1. The highest BCUT2D eigenvalue weighted by atomic mass is 16.6. The van der Waals surface area contributed by atoms with E-state index in [1.807, 2.05) is 37.4 Å². The Morgan fingerprint density at radius 2 is 2.05 bits per heavy atom. The van der Waals surface area contributed by atoms with Crippen LogP contribution in [-0.4, -0.2) is 24.0 Å². The first-order valence-electron chi connectivity index (χ1n) is 6.65. The van der Waals surface area contributed by atoms with Crippen molar-refractivity contribution in [1.29, 1.82) is 0 Å². The summed E-state index contributed by atoms with van der Waals surface area (Å²) in [6, 6.07) is 12.4. The van der Waals surface area contributed by atoms with Crippen LogP contribution in [0.4, 0.5) is 11.7 Å². The highest BCUT2D eigenvalue weighted by Gasteiger charge is 2.17. The number of furan rings is 1. The summed E-state index contributed by atoms with van der Waals surface area (Å²) in [5, 5.41) is 13.4. The van der Waals surface area contributed by atoms with E-state index in [-0.39, 0.29) is 5.88 Å². The second kappa shape index (κ2) is 5.45. The lowest BCUT2D eigenvalue weighted by Gasteiger charge is -2.18. The first kappa shape index (κ1) is 14.0. The van der Waals surface area contributed by atoms with Crippen LogP contribution in [0.1, 0.15) is 0 Å². The van der Waals surface area contributed by atoms with Crippen LogP contribution in [-0.2, 0) is 0 Å². The number of hydrogen-bond acceptors (Lipinski definition) is 6. The topological polar surface area (TPSA) is 84.4 Å². The Morgan fingerprint density at radius 3 is 2.73 bits per heavy atom. The Hall–Kier alpha value is -2.93. The molecule has 0 atom stereocenters. The molecule has 0 aliphatic heterocycles. The molecule has 1 aromatic carbocycles. The van der Waals surface area contributed by atoms with E-state index >= 15 is 0 Å². The molecule has 3 rings (SSSR count). The molecule has 0 radical (unpaired) electrons. The summed E-state index contributed by atoms with van der Waals surface area (Å²) < 4.78 is 5.34. The molecule has 0 unspecified atom stereocenters. The normalized spacial score (nSPS) is 10.8. The third kappa shape index (κ3) is 2.38. The number of nitrogens with one attached hydrogen (secondary N) is 1. The molecule has 0 amide bonds. The average molecular weight is 298 g/mol. The number of para-hydroxylation sites is 1. The van der Waals surface area contributed by atoms with Crippen LogP contribution < -0.4 is 10.4 Å². The second-order valence-electron chi connectivity index (χ2n) is 4.72. The number of hydrazine groups is 1. The second-order valence-corrected chi connectivity index (χ2v) is 4.72. The Morgan fingerprint density at radius 1 is 1.27 bits per heavy atom. The number of rotatable bonds is 4. The molecular weight excluding hydrogens is 284 g/mol. The lowest BCUT2D eigenvalue weighted by Crippen LogP contribution is -2.31. The first-order valence-corrected chi connectivity index (χ1v) is 6.65. The molecule has 22 heavy (non-hydrogen) atoms. The van der Waals surface area contributed by atoms with Crippen molar-refractivity contribution in [2.24, 2.45) is 0 Å². The zero-order valence-corrected chi connectivity index (χ0v) is 12.1. The molecule has 0 spiro atoms. The lowest BCUT2D eigenvalue weighted by molar-refractivity contribution is -0.401. The van der Waals surface area contributed by atoms with Gasteiger partial charge in [0.25, 0.3) is 0 Å². The Balaban J connectivity index is 2.23. The summed E-state index contributed by atoms with van der Waals surface area (Å²) in [5.41, 5.74) is 4.53. The highest BCUT2D eigenvalue weighted by molar-refractivity contribution is 5.94. The summed E-state index contributed by atoms with van der Waals surface area (Å²) in [6.45, 7) is 0. The third-order valence-corrected chi connectivity index (χ3v) is 3.42. The molecule has 0 saturated heterocycles. The van der Waals surface area contributed by atoms with Crippen LogP contribution in [0, 0.1) is 10.1 Å². The van der Waals surface area contributed by atoms with Gasteiger partial charge in [0.05, 0.1) is 11.6 Å². The minimum absolute atomic E-state index is 0.278. The van der Waals surface area contributed by atoms with E-state index in [1.165, 1.54) is 6.07 Å². The molecular formula is C15H14N4O3. The molecule has 0 fully saturated rings. The van der Waals surface area contributed by atoms with Crippen LogP contribution in [0.3, 0.4) is 0 Å². The summed E-state index contributed by atoms with van der Waals surface area (Å²) >= 11 is 0. The van der Waals surface area contributed by atoms with Gasteiger partial charge in [0.2, 0.25) is 0 Å². The molecule has 0 aliphatic rings. The van der Waals surface area contributed by atoms with Crippen LogP contribution in [0.2, 0.25) is 0 Å². The summed E-state index contributed by atoms with van der Waals surface area (Å²) in [7, 11) is 3.62. The van der Waals surface area contributed by atoms with E-state index in [1.54, 1.807) is 18.1 Å². The minimum Gasteiger partial charge on any atom is -0.401 e. The van der Waals surface area contributed by atoms with Gasteiger partial charge in [0, 0.05) is 25.0 Å². The van der Waals surface area contributed by atoms with E-state index in [0.29, 0.717) is 11.6 Å². The van der Waals surface area contributed by atoms with Gasteiger partial charge in [0.1, 0.15) is 16.5 Å². The van der Waals surface area contributed by atoms with Crippen LogP contribution in [0.25, 0.3) is 22.2 Å². The van der Waals surface area contributed by atoms with Crippen molar-refractivity contribution in [3.05, 3.63) is 52.6 Å². The van der Waals surface area contributed by atoms with E-state index in [2.05, 4.69) is 10.4 Å². The summed E-state index contributed by atoms with van der Waals surface area (Å²) in [6.07, 6.45) is 0. The minimum atomic E-state index is -0.548. The number of anilines is 1. The third-order valence-electron chi connectivity index (χ3n) is 3.42. The average Bonchev–Trinajstić information content (AvgIpc) is 3.03. The predicted octanol–water partition coefficient (Wildman–Crippen LogP) is 2.97. The molecule has 112 valence electrons. The number of nitro groups is 1. The SMILES string of the molecule is CNN(C)c1cc(-c2ccc([N+](=O)[O-])o2)c2ccccc2n1. The van der Waals surface area contributed by atoms with E-state index in [4.69, 9.17) is 4.42 Å². The van der Waals surface area contributed by atoms with Gasteiger partial charge in [-0.05, 0) is 18.2 Å². The summed E-state index contributed by atoms with van der Waals surface area (Å²) in [5.74, 6) is 0.853. The van der Waals surface area contributed by atoms with E-state index in [0.717, 1.165) is 16.5 Å². The Bertz CT molecular complexity index is 844. The first-order chi connectivity index (χ1) is 10.6. The number of pyridine rings is 1. The maximum atomic E-state index is 10.8. The number of hydrogen-bond donors (Lipinski definition) is 1. The van der Waals surface area contributed by atoms with E-state index < -0.39 is 4.92 Å². The molecule has 3 aromatic rings. The number of nitrogens with zero attached hydrogens (tertiary/aromatic N) is 3. The Kier molecular flexibility index (Phi) is 3.48. The molecule has 7 heteroatoms. The van der Waals surface area contributed by atoms with Crippen molar-refractivity contribution >= 4 is 22.6 Å². The fourth-order valence-corrected chi connectivity index (χ4v) is 2.22. The maximum absolute atomic E-state index is 10.8. The molecule has 7 nitrogen and oxygen atoms in total. The van der Waals surface area contributed by atoms with Gasteiger partial charge in [-0.3, -0.25) is 15.1 Å². The number of fused-ring (bicyclic) bond motifs is 1. The largest absolute Gasteiger partial charge is 0.433 e. The number of benzene rings is 1. The lowest BCUT2D eigenvalue weighted by atomic mass is 10.1.